The maximum atomic E-state index is 12.5. The number of halogens is 4. The fraction of sp³-hybridized carbons (Fsp3) is 0.222. The Morgan fingerprint density at radius 3 is 2.56 bits per heavy atom. The number of benzene rings is 1. The van der Waals surface area contributed by atoms with Crippen LogP contribution in [0.15, 0.2) is 18.2 Å². The quantitative estimate of drug-likeness (QED) is 0.640. The average molecular weight is 253 g/mol. The Bertz CT molecular complexity index is 400. The van der Waals surface area contributed by atoms with E-state index in [1.807, 2.05) is 0 Å². The highest BCUT2D eigenvalue weighted by Gasteiger charge is 2.22. The summed E-state index contributed by atoms with van der Waals surface area (Å²) in [7, 11) is 0. The van der Waals surface area contributed by atoms with Gasteiger partial charge in [0.1, 0.15) is 0 Å². The molecule has 0 aliphatic carbocycles. The SMILES string of the molecule is Nc1ccc(Cl)c(C(=O)NC(F)C(F)F)c1. The molecule has 1 rings (SSSR count). The summed E-state index contributed by atoms with van der Waals surface area (Å²) in [5, 5.41) is 1.48. The summed E-state index contributed by atoms with van der Waals surface area (Å²) >= 11 is 5.63. The Kier molecular flexibility index (Phi) is 4.00. The molecule has 3 nitrogen and oxygen atoms in total. The molecular weight excluding hydrogens is 245 g/mol. The van der Waals surface area contributed by atoms with Crippen molar-refractivity contribution in [2.45, 2.75) is 12.7 Å². The van der Waals surface area contributed by atoms with Gasteiger partial charge in [0.2, 0.25) is 6.30 Å². The molecule has 0 saturated heterocycles. The minimum atomic E-state index is -3.29. The van der Waals surface area contributed by atoms with Crippen molar-refractivity contribution in [3.8, 4) is 0 Å². The third-order valence-electron chi connectivity index (χ3n) is 1.73. The van der Waals surface area contributed by atoms with Gasteiger partial charge in [0.15, 0.2) is 0 Å². The lowest BCUT2D eigenvalue weighted by Crippen LogP contribution is -2.36. The smallest absolute Gasteiger partial charge is 0.287 e. The Morgan fingerprint density at radius 1 is 1.38 bits per heavy atom. The summed E-state index contributed by atoms with van der Waals surface area (Å²) in [4.78, 5) is 11.3. The second kappa shape index (κ2) is 5.07. The number of nitrogens with one attached hydrogen (secondary N) is 1. The molecule has 1 atom stereocenters. The van der Waals surface area contributed by atoms with Gasteiger partial charge in [-0.3, -0.25) is 4.79 Å². The molecule has 1 aromatic carbocycles. The zero-order chi connectivity index (χ0) is 12.3. The van der Waals surface area contributed by atoms with Crippen LogP contribution in [0.3, 0.4) is 0 Å². The molecule has 16 heavy (non-hydrogen) atoms. The molecule has 0 aliphatic heterocycles. The van der Waals surface area contributed by atoms with E-state index in [1.54, 1.807) is 0 Å². The number of anilines is 1. The van der Waals surface area contributed by atoms with Crippen LogP contribution < -0.4 is 11.1 Å². The largest absolute Gasteiger partial charge is 0.399 e. The van der Waals surface area contributed by atoms with Crippen LogP contribution in [0.2, 0.25) is 5.02 Å². The predicted molar refractivity (Wildman–Crippen MR) is 54.2 cm³/mol. The first-order valence-electron chi connectivity index (χ1n) is 4.20. The molecule has 0 fully saturated rings. The van der Waals surface area contributed by atoms with Gasteiger partial charge in [-0.25, -0.2) is 13.2 Å². The highest BCUT2D eigenvalue weighted by Crippen LogP contribution is 2.19. The molecule has 7 heteroatoms. The summed E-state index contributed by atoms with van der Waals surface area (Å²) < 4.78 is 36.2. The highest BCUT2D eigenvalue weighted by atomic mass is 35.5. The molecule has 0 spiro atoms. The molecule has 3 N–H and O–H groups in total. The van der Waals surface area contributed by atoms with Crippen LogP contribution in [0.5, 0.6) is 0 Å². The van der Waals surface area contributed by atoms with Crippen molar-refractivity contribution in [2.24, 2.45) is 0 Å². The van der Waals surface area contributed by atoms with Gasteiger partial charge in [0.25, 0.3) is 12.3 Å². The molecule has 0 saturated carbocycles. The van der Waals surface area contributed by atoms with Gasteiger partial charge in [0.05, 0.1) is 10.6 Å². The van der Waals surface area contributed by atoms with Crippen LogP contribution in [0, 0.1) is 0 Å². The van der Waals surface area contributed by atoms with Crippen LogP contribution >= 0.6 is 11.6 Å². The number of hydrogen-bond acceptors (Lipinski definition) is 2. The molecule has 0 aliphatic rings. The summed E-state index contributed by atoms with van der Waals surface area (Å²) in [6.07, 6.45) is -6.02. The number of rotatable bonds is 3. The van der Waals surface area contributed by atoms with E-state index in [4.69, 9.17) is 17.3 Å². The highest BCUT2D eigenvalue weighted by molar-refractivity contribution is 6.34. The van der Waals surface area contributed by atoms with Gasteiger partial charge in [0, 0.05) is 5.69 Å². The summed E-state index contributed by atoms with van der Waals surface area (Å²) in [5.41, 5.74) is 5.45. The van der Waals surface area contributed by atoms with Crippen LogP contribution in [-0.2, 0) is 0 Å². The number of nitrogen functional groups attached to an aromatic ring is 1. The molecule has 0 bridgehead atoms. The number of alkyl halides is 3. The first kappa shape index (κ1) is 12.6. The number of hydrogen-bond donors (Lipinski definition) is 2. The maximum absolute atomic E-state index is 12.5. The standard InChI is InChI=1S/C9H8ClF3N2O/c10-6-2-1-4(14)3-5(6)9(16)15-8(13)7(11)12/h1-3,7-8H,14H2,(H,15,16). The van der Waals surface area contributed by atoms with E-state index in [0.29, 0.717) is 0 Å². The van der Waals surface area contributed by atoms with Gasteiger partial charge >= 0.3 is 0 Å². The van der Waals surface area contributed by atoms with Crippen molar-refractivity contribution < 1.29 is 18.0 Å². The van der Waals surface area contributed by atoms with E-state index in [9.17, 15) is 18.0 Å². The first-order chi connectivity index (χ1) is 7.41. The molecule has 1 unspecified atom stereocenters. The normalized spacial score (nSPS) is 12.6. The van der Waals surface area contributed by atoms with Crippen LogP contribution in [0.25, 0.3) is 0 Å². The number of amides is 1. The zero-order valence-corrected chi connectivity index (χ0v) is 8.64. The monoisotopic (exact) mass is 252 g/mol. The molecule has 0 heterocycles. The van der Waals surface area contributed by atoms with Crippen LogP contribution in [-0.4, -0.2) is 18.6 Å². The van der Waals surface area contributed by atoms with E-state index in [0.717, 1.165) is 0 Å². The molecule has 1 amide bonds. The summed E-state index contributed by atoms with van der Waals surface area (Å²) in [6.45, 7) is 0. The second-order valence-electron chi connectivity index (χ2n) is 2.95. The van der Waals surface area contributed by atoms with Crippen molar-refractivity contribution in [3.63, 3.8) is 0 Å². The minimum Gasteiger partial charge on any atom is -0.399 e. The fourth-order valence-corrected chi connectivity index (χ4v) is 1.19. The third-order valence-corrected chi connectivity index (χ3v) is 2.05. The fourth-order valence-electron chi connectivity index (χ4n) is 0.983. The van der Waals surface area contributed by atoms with E-state index in [1.165, 1.54) is 23.5 Å². The summed E-state index contributed by atoms with van der Waals surface area (Å²) in [6, 6.07) is 3.93. The lowest BCUT2D eigenvalue weighted by atomic mass is 10.2. The predicted octanol–water partition coefficient (Wildman–Crippen LogP) is 2.21. The lowest BCUT2D eigenvalue weighted by Gasteiger charge is -2.10. The van der Waals surface area contributed by atoms with Crippen molar-refractivity contribution >= 4 is 23.2 Å². The topological polar surface area (TPSA) is 55.1 Å². The Balaban J connectivity index is 2.84. The van der Waals surface area contributed by atoms with Crippen molar-refractivity contribution in [3.05, 3.63) is 28.8 Å². The Hall–Kier alpha value is -1.43. The molecule has 1 aromatic rings. The van der Waals surface area contributed by atoms with E-state index >= 15 is 0 Å². The summed E-state index contributed by atoms with van der Waals surface area (Å²) in [5.74, 6) is -1.04. The van der Waals surface area contributed by atoms with Gasteiger partial charge in [-0.05, 0) is 18.2 Å². The van der Waals surface area contributed by atoms with Gasteiger partial charge in [-0.15, -0.1) is 0 Å². The minimum absolute atomic E-state index is 0.00756. The number of carbonyl (C=O) groups is 1. The molecule has 0 radical (unpaired) electrons. The zero-order valence-electron chi connectivity index (χ0n) is 7.88. The Morgan fingerprint density at radius 2 is 2.00 bits per heavy atom. The van der Waals surface area contributed by atoms with E-state index in [-0.39, 0.29) is 16.3 Å². The van der Waals surface area contributed by atoms with Crippen molar-refractivity contribution in [2.75, 3.05) is 5.73 Å². The molecule has 88 valence electrons. The number of carbonyl (C=O) groups excluding carboxylic acids is 1. The molecular formula is C9H8ClF3N2O. The first-order valence-corrected chi connectivity index (χ1v) is 4.57. The van der Waals surface area contributed by atoms with E-state index in [2.05, 4.69) is 0 Å². The Labute approximate surface area is 94.4 Å². The molecule has 0 aromatic heterocycles. The lowest BCUT2D eigenvalue weighted by molar-refractivity contribution is 0.0287. The van der Waals surface area contributed by atoms with E-state index < -0.39 is 18.6 Å². The van der Waals surface area contributed by atoms with Crippen LogP contribution in [0.4, 0.5) is 18.9 Å². The second-order valence-corrected chi connectivity index (χ2v) is 3.36. The van der Waals surface area contributed by atoms with Gasteiger partial charge in [-0.1, -0.05) is 11.6 Å². The van der Waals surface area contributed by atoms with Gasteiger partial charge < -0.3 is 11.1 Å². The van der Waals surface area contributed by atoms with Crippen LogP contribution in [0.1, 0.15) is 10.4 Å². The number of nitrogens with two attached hydrogens (primary N) is 1. The van der Waals surface area contributed by atoms with Crippen molar-refractivity contribution in [1.82, 2.24) is 5.32 Å². The van der Waals surface area contributed by atoms with Gasteiger partial charge in [-0.2, -0.15) is 0 Å². The van der Waals surface area contributed by atoms with Crippen molar-refractivity contribution in [1.29, 1.82) is 0 Å². The average Bonchev–Trinajstić information content (AvgIpc) is 2.21. The third kappa shape index (κ3) is 3.03. The maximum Gasteiger partial charge on any atom is 0.287 e.